The van der Waals surface area contributed by atoms with Gasteiger partial charge in [-0.15, -0.1) is 0 Å². The van der Waals surface area contributed by atoms with Crippen molar-refractivity contribution in [2.45, 2.75) is 52.4 Å². The van der Waals surface area contributed by atoms with Crippen LogP contribution in [0, 0.1) is 0 Å². The van der Waals surface area contributed by atoms with Crippen molar-refractivity contribution in [1.29, 1.82) is 0 Å². The van der Waals surface area contributed by atoms with Gasteiger partial charge in [0.15, 0.2) is 0 Å². The van der Waals surface area contributed by atoms with Crippen molar-refractivity contribution in [2.75, 3.05) is 19.6 Å². The maximum atomic E-state index is 2.62. The molecule has 1 aliphatic rings. The lowest BCUT2D eigenvalue weighted by atomic mass is 10.1. The largest absolute Gasteiger partial charge is 0.299 e. The van der Waals surface area contributed by atoms with E-state index in [2.05, 4.69) is 24.8 Å². The van der Waals surface area contributed by atoms with Crippen molar-refractivity contribution in [3.8, 4) is 0 Å². The minimum atomic E-state index is 1.23. The molecule has 14 heavy (non-hydrogen) atoms. The summed E-state index contributed by atoms with van der Waals surface area (Å²) < 4.78 is 0. The first kappa shape index (κ1) is 11.8. The first-order valence-electron chi connectivity index (χ1n) is 6.27. The average Bonchev–Trinajstić information content (AvgIpc) is 2.25. The Morgan fingerprint density at radius 3 is 2.43 bits per heavy atom. The highest BCUT2D eigenvalue weighted by Crippen LogP contribution is 2.13. The van der Waals surface area contributed by atoms with E-state index in [9.17, 15) is 0 Å². The van der Waals surface area contributed by atoms with Gasteiger partial charge in [0.25, 0.3) is 0 Å². The van der Waals surface area contributed by atoms with Crippen molar-refractivity contribution in [2.24, 2.45) is 0 Å². The van der Waals surface area contributed by atoms with E-state index < -0.39 is 0 Å². The lowest BCUT2D eigenvalue weighted by Gasteiger charge is -2.27. The number of likely N-dealkylation sites (tertiary alicyclic amines) is 1. The van der Waals surface area contributed by atoms with Crippen LogP contribution >= 0.6 is 0 Å². The Kier molecular flexibility index (Phi) is 5.93. The van der Waals surface area contributed by atoms with Crippen LogP contribution in [0.25, 0.3) is 0 Å². The monoisotopic (exact) mass is 195 g/mol. The Hall–Kier alpha value is -0.300. The van der Waals surface area contributed by atoms with Crippen LogP contribution in [0.3, 0.4) is 0 Å². The third-order valence-electron chi connectivity index (χ3n) is 3.05. The molecule has 1 fully saturated rings. The van der Waals surface area contributed by atoms with Crippen molar-refractivity contribution in [3.05, 3.63) is 11.6 Å². The predicted molar refractivity (Wildman–Crippen MR) is 63.6 cm³/mol. The molecule has 0 aromatic carbocycles. The molecule has 82 valence electrons. The van der Waals surface area contributed by atoms with Crippen LogP contribution in [0.4, 0.5) is 0 Å². The van der Waals surface area contributed by atoms with Gasteiger partial charge in [-0.3, -0.25) is 4.90 Å². The van der Waals surface area contributed by atoms with Crippen molar-refractivity contribution in [3.63, 3.8) is 0 Å². The second-order valence-electron chi connectivity index (χ2n) is 4.34. The third-order valence-corrected chi connectivity index (χ3v) is 3.05. The minimum absolute atomic E-state index is 1.23. The Morgan fingerprint density at radius 1 is 1.14 bits per heavy atom. The summed E-state index contributed by atoms with van der Waals surface area (Å²) in [5, 5.41) is 0. The molecule has 0 atom stereocenters. The highest BCUT2D eigenvalue weighted by atomic mass is 15.1. The van der Waals surface area contributed by atoms with Crippen LogP contribution in [-0.2, 0) is 0 Å². The van der Waals surface area contributed by atoms with Gasteiger partial charge in [0, 0.05) is 6.54 Å². The Balaban J connectivity index is 2.30. The summed E-state index contributed by atoms with van der Waals surface area (Å²) in [5.74, 6) is 0. The Labute approximate surface area is 89.2 Å². The summed E-state index contributed by atoms with van der Waals surface area (Å²) in [6.45, 7) is 8.42. The van der Waals surface area contributed by atoms with Gasteiger partial charge in [0.05, 0.1) is 0 Å². The molecule has 0 unspecified atom stereocenters. The van der Waals surface area contributed by atoms with Gasteiger partial charge in [-0.1, -0.05) is 38.3 Å². The van der Waals surface area contributed by atoms with Crippen LogP contribution in [-0.4, -0.2) is 24.5 Å². The fourth-order valence-electron chi connectivity index (χ4n) is 2.07. The number of rotatable bonds is 5. The van der Waals surface area contributed by atoms with Gasteiger partial charge in [-0.25, -0.2) is 0 Å². The molecule has 1 heteroatoms. The first-order chi connectivity index (χ1) is 6.86. The first-order valence-corrected chi connectivity index (χ1v) is 6.27. The minimum Gasteiger partial charge on any atom is -0.299 e. The molecular weight excluding hydrogens is 170 g/mol. The molecule has 1 heterocycles. The molecule has 1 aliphatic heterocycles. The molecule has 1 nitrogen and oxygen atoms in total. The van der Waals surface area contributed by atoms with E-state index in [1.54, 1.807) is 5.57 Å². The highest BCUT2D eigenvalue weighted by Gasteiger charge is 2.10. The maximum absolute atomic E-state index is 2.62. The molecule has 0 aliphatic carbocycles. The van der Waals surface area contributed by atoms with Crippen molar-refractivity contribution in [1.82, 2.24) is 4.90 Å². The molecule has 1 rings (SSSR count). The lowest BCUT2D eigenvalue weighted by molar-refractivity contribution is 0.245. The number of nitrogens with zero attached hydrogens (tertiary/aromatic N) is 1. The van der Waals surface area contributed by atoms with E-state index in [0.29, 0.717) is 0 Å². The lowest BCUT2D eigenvalue weighted by Crippen LogP contribution is -2.31. The maximum Gasteiger partial charge on any atom is 0.0192 e. The van der Waals surface area contributed by atoms with Crippen LogP contribution in [0.5, 0.6) is 0 Å². The predicted octanol–water partition coefficient (Wildman–Crippen LogP) is 3.61. The van der Waals surface area contributed by atoms with Crippen molar-refractivity contribution < 1.29 is 0 Å². The fourth-order valence-corrected chi connectivity index (χ4v) is 2.07. The second kappa shape index (κ2) is 7.05. The summed E-state index contributed by atoms with van der Waals surface area (Å²) in [6.07, 6.45) is 10.5. The zero-order valence-corrected chi connectivity index (χ0v) is 9.89. The van der Waals surface area contributed by atoms with E-state index in [1.807, 2.05) is 0 Å². The van der Waals surface area contributed by atoms with Gasteiger partial charge < -0.3 is 0 Å². The molecule has 0 aromatic heterocycles. The second-order valence-corrected chi connectivity index (χ2v) is 4.34. The summed E-state index contributed by atoms with van der Waals surface area (Å²) in [4.78, 5) is 2.62. The van der Waals surface area contributed by atoms with Crippen molar-refractivity contribution >= 4 is 0 Å². The number of unbranched alkanes of at least 4 members (excludes halogenated alkanes) is 1. The smallest absolute Gasteiger partial charge is 0.0192 e. The molecular formula is C13H25N. The fraction of sp³-hybridized carbons (Fsp3) is 0.846. The Morgan fingerprint density at radius 2 is 1.86 bits per heavy atom. The summed E-state index contributed by atoms with van der Waals surface area (Å²) in [5.41, 5.74) is 1.65. The van der Waals surface area contributed by atoms with Gasteiger partial charge in [-0.05, 0) is 38.8 Å². The molecule has 0 bridgehead atoms. The molecule has 1 saturated heterocycles. The topological polar surface area (TPSA) is 3.24 Å². The summed E-state index contributed by atoms with van der Waals surface area (Å²) >= 11 is 0. The third kappa shape index (κ3) is 4.28. The quantitative estimate of drug-likeness (QED) is 0.606. The van der Waals surface area contributed by atoms with E-state index in [0.717, 1.165) is 0 Å². The van der Waals surface area contributed by atoms with Gasteiger partial charge >= 0.3 is 0 Å². The number of hydrogen-bond donors (Lipinski definition) is 0. The van der Waals surface area contributed by atoms with E-state index in [1.165, 1.54) is 58.2 Å². The summed E-state index contributed by atoms with van der Waals surface area (Å²) in [7, 11) is 0. The molecule has 0 N–H and O–H groups in total. The molecule has 0 aromatic rings. The standard InChI is InChI=1S/C13H25N/c1-3-5-9-13(4-2)12-14-10-7-6-8-11-14/h9H,3-8,10-12H2,1-2H3. The van der Waals surface area contributed by atoms with E-state index >= 15 is 0 Å². The van der Waals surface area contributed by atoms with Crippen LogP contribution in [0.2, 0.25) is 0 Å². The SMILES string of the molecule is CCCC=C(CC)CN1CCCCC1. The zero-order valence-electron chi connectivity index (χ0n) is 9.89. The van der Waals surface area contributed by atoms with Crippen LogP contribution < -0.4 is 0 Å². The van der Waals surface area contributed by atoms with Gasteiger partial charge in [0.1, 0.15) is 0 Å². The number of hydrogen-bond acceptors (Lipinski definition) is 1. The zero-order chi connectivity index (χ0) is 10.2. The Bertz CT molecular complexity index is 166. The molecule has 0 saturated carbocycles. The van der Waals surface area contributed by atoms with Crippen LogP contribution in [0.15, 0.2) is 11.6 Å². The molecule has 0 spiro atoms. The summed E-state index contributed by atoms with van der Waals surface area (Å²) in [6, 6.07) is 0. The molecule has 0 radical (unpaired) electrons. The van der Waals surface area contributed by atoms with E-state index in [-0.39, 0.29) is 0 Å². The van der Waals surface area contributed by atoms with E-state index in [4.69, 9.17) is 0 Å². The average molecular weight is 195 g/mol. The van der Waals surface area contributed by atoms with Gasteiger partial charge in [-0.2, -0.15) is 0 Å². The number of piperidine rings is 1. The highest BCUT2D eigenvalue weighted by molar-refractivity contribution is 5.03. The number of allylic oxidation sites excluding steroid dienone is 1. The van der Waals surface area contributed by atoms with Crippen LogP contribution in [0.1, 0.15) is 52.4 Å². The molecule has 0 amide bonds. The van der Waals surface area contributed by atoms with Gasteiger partial charge in [0.2, 0.25) is 0 Å². The normalized spacial score (nSPS) is 20.0.